The summed E-state index contributed by atoms with van der Waals surface area (Å²) >= 11 is 0. The highest BCUT2D eigenvalue weighted by Crippen LogP contribution is 2.11. The Morgan fingerprint density at radius 2 is 1.83 bits per heavy atom. The minimum absolute atomic E-state index is 0. The first-order valence-electron chi connectivity index (χ1n) is 3.08. The van der Waals surface area contributed by atoms with Crippen molar-refractivity contribution < 1.29 is 10.0 Å². The van der Waals surface area contributed by atoms with Gasteiger partial charge in [0.25, 0.3) is 5.69 Å². The predicted molar refractivity (Wildman–Crippen MR) is 46.3 cm³/mol. The first-order valence-corrected chi connectivity index (χ1v) is 3.08. The second-order valence-electron chi connectivity index (χ2n) is 2.08. The summed E-state index contributed by atoms with van der Waals surface area (Å²) in [5.74, 6) is 0. The van der Waals surface area contributed by atoms with Gasteiger partial charge in [-0.05, 0) is 17.7 Å². The third kappa shape index (κ3) is 2.48. The summed E-state index contributed by atoms with van der Waals surface area (Å²) in [7, 11) is 0. The molecule has 0 spiro atoms. The summed E-state index contributed by atoms with van der Waals surface area (Å²) in [6.07, 6.45) is 0. The third-order valence-electron chi connectivity index (χ3n) is 1.33. The predicted octanol–water partition coefficient (Wildman–Crippen LogP) is 1.51. The standard InChI is InChI=1S/C7H7NO3.ClH/c9-5-6-1-3-7(4-2-6)8(10)11;/h1-4,9H,5H2;1H. The smallest absolute Gasteiger partial charge is 0.269 e. The first-order chi connectivity index (χ1) is 5.24. The van der Waals surface area contributed by atoms with Crippen LogP contribution in [0.4, 0.5) is 5.69 Å². The Balaban J connectivity index is 0.00000121. The van der Waals surface area contributed by atoms with E-state index < -0.39 is 4.92 Å². The molecule has 4 nitrogen and oxygen atoms in total. The lowest BCUT2D eigenvalue weighted by molar-refractivity contribution is -0.384. The van der Waals surface area contributed by atoms with Crippen LogP contribution < -0.4 is 0 Å². The monoisotopic (exact) mass is 189 g/mol. The topological polar surface area (TPSA) is 63.4 Å². The van der Waals surface area contributed by atoms with Crippen molar-refractivity contribution in [1.29, 1.82) is 0 Å². The Morgan fingerprint density at radius 1 is 1.33 bits per heavy atom. The number of nitrogens with zero attached hydrogens (tertiary/aromatic N) is 1. The normalized spacial score (nSPS) is 8.75. The molecule has 0 aliphatic heterocycles. The van der Waals surface area contributed by atoms with Crippen LogP contribution in [-0.4, -0.2) is 10.0 Å². The molecule has 0 atom stereocenters. The van der Waals surface area contributed by atoms with Crippen LogP contribution >= 0.6 is 12.4 Å². The quantitative estimate of drug-likeness (QED) is 0.567. The summed E-state index contributed by atoms with van der Waals surface area (Å²) < 4.78 is 0. The molecule has 66 valence electrons. The second kappa shape index (κ2) is 4.69. The molecule has 5 heteroatoms. The number of aliphatic hydroxyl groups excluding tert-OH is 1. The molecular formula is C7H8ClNO3. The van der Waals surface area contributed by atoms with E-state index in [1.165, 1.54) is 24.3 Å². The molecule has 0 aromatic heterocycles. The van der Waals surface area contributed by atoms with E-state index in [0.717, 1.165) is 0 Å². The zero-order chi connectivity index (χ0) is 8.27. The Labute approximate surface area is 75.4 Å². The van der Waals surface area contributed by atoms with Gasteiger partial charge in [-0.2, -0.15) is 0 Å². The van der Waals surface area contributed by atoms with Crippen molar-refractivity contribution in [2.24, 2.45) is 0 Å². The number of benzene rings is 1. The van der Waals surface area contributed by atoms with Crippen molar-refractivity contribution in [3.05, 3.63) is 39.9 Å². The van der Waals surface area contributed by atoms with Crippen LogP contribution in [0.2, 0.25) is 0 Å². The minimum atomic E-state index is -0.471. The Morgan fingerprint density at radius 3 is 2.17 bits per heavy atom. The lowest BCUT2D eigenvalue weighted by Crippen LogP contribution is -1.88. The molecule has 1 aromatic carbocycles. The molecule has 1 rings (SSSR count). The summed E-state index contributed by atoms with van der Waals surface area (Å²) in [4.78, 5) is 9.67. The molecule has 0 amide bonds. The zero-order valence-corrected chi connectivity index (χ0v) is 6.95. The van der Waals surface area contributed by atoms with Crippen LogP contribution in [-0.2, 0) is 6.61 Å². The van der Waals surface area contributed by atoms with Gasteiger partial charge in [0.05, 0.1) is 11.5 Å². The van der Waals surface area contributed by atoms with Crippen LogP contribution in [0.15, 0.2) is 24.3 Å². The van der Waals surface area contributed by atoms with Crippen molar-refractivity contribution in [2.45, 2.75) is 6.61 Å². The average molecular weight is 190 g/mol. The highest BCUT2D eigenvalue weighted by molar-refractivity contribution is 5.85. The van der Waals surface area contributed by atoms with E-state index in [0.29, 0.717) is 5.56 Å². The fourth-order valence-corrected chi connectivity index (χ4v) is 0.723. The molecule has 1 N–H and O–H groups in total. The molecule has 0 aliphatic rings. The molecule has 0 bridgehead atoms. The van der Waals surface area contributed by atoms with Crippen molar-refractivity contribution in [3.8, 4) is 0 Å². The number of rotatable bonds is 2. The van der Waals surface area contributed by atoms with Gasteiger partial charge in [0.2, 0.25) is 0 Å². The largest absolute Gasteiger partial charge is 0.392 e. The van der Waals surface area contributed by atoms with Crippen LogP contribution in [0.3, 0.4) is 0 Å². The van der Waals surface area contributed by atoms with Gasteiger partial charge in [-0.15, -0.1) is 12.4 Å². The number of hydrogen-bond acceptors (Lipinski definition) is 3. The minimum Gasteiger partial charge on any atom is -0.392 e. The van der Waals surface area contributed by atoms with E-state index >= 15 is 0 Å². The van der Waals surface area contributed by atoms with E-state index in [1.54, 1.807) is 0 Å². The number of nitro groups is 1. The van der Waals surface area contributed by atoms with Crippen molar-refractivity contribution in [2.75, 3.05) is 0 Å². The van der Waals surface area contributed by atoms with Crippen molar-refractivity contribution in [1.82, 2.24) is 0 Å². The van der Waals surface area contributed by atoms with Gasteiger partial charge in [0.15, 0.2) is 0 Å². The van der Waals surface area contributed by atoms with E-state index in [9.17, 15) is 10.1 Å². The highest BCUT2D eigenvalue weighted by atomic mass is 35.5. The van der Waals surface area contributed by atoms with Gasteiger partial charge in [-0.3, -0.25) is 10.1 Å². The van der Waals surface area contributed by atoms with Crippen molar-refractivity contribution >= 4 is 18.1 Å². The van der Waals surface area contributed by atoms with Gasteiger partial charge in [0.1, 0.15) is 0 Å². The number of aliphatic hydroxyl groups is 1. The van der Waals surface area contributed by atoms with Gasteiger partial charge < -0.3 is 5.11 Å². The van der Waals surface area contributed by atoms with Gasteiger partial charge in [0, 0.05) is 12.1 Å². The maximum absolute atomic E-state index is 10.1. The average Bonchev–Trinajstić information content (AvgIpc) is 2.05. The molecule has 1 aromatic rings. The number of halogens is 1. The number of non-ortho nitro benzene ring substituents is 1. The summed E-state index contributed by atoms with van der Waals surface area (Å²) in [5.41, 5.74) is 0.720. The van der Waals surface area contributed by atoms with E-state index in [-0.39, 0.29) is 24.7 Å². The molecule has 0 aliphatic carbocycles. The van der Waals surface area contributed by atoms with E-state index in [2.05, 4.69) is 0 Å². The highest BCUT2D eigenvalue weighted by Gasteiger charge is 2.02. The van der Waals surface area contributed by atoms with E-state index in [1.807, 2.05) is 0 Å². The van der Waals surface area contributed by atoms with Gasteiger partial charge in [-0.1, -0.05) is 0 Å². The van der Waals surface area contributed by atoms with Crippen LogP contribution in [0.25, 0.3) is 0 Å². The molecule has 0 saturated carbocycles. The number of hydrogen-bond donors (Lipinski definition) is 1. The fraction of sp³-hybridized carbons (Fsp3) is 0.143. The molecule has 0 heterocycles. The summed E-state index contributed by atoms with van der Waals surface area (Å²) in [6.45, 7) is -0.0853. The first kappa shape index (κ1) is 10.9. The Kier molecular flexibility index (Phi) is 4.25. The second-order valence-corrected chi connectivity index (χ2v) is 2.08. The maximum atomic E-state index is 10.1. The molecule has 12 heavy (non-hydrogen) atoms. The summed E-state index contributed by atoms with van der Waals surface area (Å²) in [5, 5.41) is 18.7. The third-order valence-corrected chi connectivity index (χ3v) is 1.33. The maximum Gasteiger partial charge on any atom is 0.269 e. The lowest BCUT2D eigenvalue weighted by Gasteiger charge is -1.93. The Hall–Kier alpha value is -1.13. The summed E-state index contributed by atoms with van der Waals surface area (Å²) in [6, 6.07) is 5.79. The fourth-order valence-electron chi connectivity index (χ4n) is 0.723. The molecule has 0 fully saturated rings. The van der Waals surface area contributed by atoms with Crippen LogP contribution in [0.5, 0.6) is 0 Å². The molecule has 0 saturated heterocycles. The molecular weight excluding hydrogens is 182 g/mol. The van der Waals surface area contributed by atoms with Gasteiger partial charge in [-0.25, -0.2) is 0 Å². The lowest BCUT2D eigenvalue weighted by atomic mass is 10.2. The zero-order valence-electron chi connectivity index (χ0n) is 6.14. The van der Waals surface area contributed by atoms with Crippen LogP contribution in [0.1, 0.15) is 5.56 Å². The molecule has 0 unspecified atom stereocenters. The number of nitro benzene ring substituents is 1. The van der Waals surface area contributed by atoms with Crippen molar-refractivity contribution in [3.63, 3.8) is 0 Å². The Bertz CT molecular complexity index is 260. The van der Waals surface area contributed by atoms with Crippen LogP contribution in [0, 0.1) is 10.1 Å². The van der Waals surface area contributed by atoms with E-state index in [4.69, 9.17) is 5.11 Å². The molecule has 0 radical (unpaired) electrons. The SMILES string of the molecule is Cl.O=[N+]([O-])c1ccc(CO)cc1. The van der Waals surface area contributed by atoms with Gasteiger partial charge >= 0.3 is 0 Å².